The summed E-state index contributed by atoms with van der Waals surface area (Å²) in [6.07, 6.45) is 3.15. The molecule has 1 aliphatic rings. The number of anilines is 1. The number of thiazole rings is 1. The van der Waals surface area contributed by atoms with E-state index in [0.29, 0.717) is 11.0 Å². The predicted octanol–water partition coefficient (Wildman–Crippen LogP) is 3.45. The van der Waals surface area contributed by atoms with Crippen LogP contribution in [0, 0.1) is 6.92 Å². The van der Waals surface area contributed by atoms with Crippen molar-refractivity contribution in [2.45, 2.75) is 25.8 Å². The van der Waals surface area contributed by atoms with Crippen LogP contribution in [0.5, 0.6) is 0 Å². The Bertz CT molecular complexity index is 570. The standard InChI is InChI=1S/C15H19N3S.ClH/c1-11-3-2-4-12(7-11)13-5-6-18(9-13)10-14-8-17-15(16)19-14;/h2-4,7-8,13H,5-6,9-10H2,1H3,(H2,16,17);1H. The van der Waals surface area contributed by atoms with E-state index in [9.17, 15) is 0 Å². The minimum Gasteiger partial charge on any atom is -0.375 e. The lowest BCUT2D eigenvalue weighted by Gasteiger charge is -2.15. The predicted molar refractivity (Wildman–Crippen MR) is 87.6 cm³/mol. The Kier molecular flexibility index (Phi) is 5.02. The molecule has 1 saturated heterocycles. The van der Waals surface area contributed by atoms with Crippen LogP contribution in [0.15, 0.2) is 30.5 Å². The van der Waals surface area contributed by atoms with Gasteiger partial charge in [0.05, 0.1) is 0 Å². The van der Waals surface area contributed by atoms with Crippen molar-refractivity contribution < 1.29 is 0 Å². The number of benzene rings is 1. The van der Waals surface area contributed by atoms with E-state index in [0.717, 1.165) is 19.6 Å². The van der Waals surface area contributed by atoms with Gasteiger partial charge in [0.1, 0.15) is 0 Å². The zero-order chi connectivity index (χ0) is 13.2. The van der Waals surface area contributed by atoms with E-state index in [1.165, 1.54) is 22.4 Å². The molecule has 108 valence electrons. The highest BCUT2D eigenvalue weighted by Gasteiger charge is 2.24. The number of aryl methyl sites for hydroxylation is 1. The average molecular weight is 310 g/mol. The third-order valence-electron chi connectivity index (χ3n) is 3.74. The molecule has 0 bridgehead atoms. The molecule has 1 aromatic heterocycles. The number of halogens is 1. The topological polar surface area (TPSA) is 42.2 Å². The summed E-state index contributed by atoms with van der Waals surface area (Å²) in [5.74, 6) is 0.671. The van der Waals surface area contributed by atoms with Crippen molar-refractivity contribution in [1.82, 2.24) is 9.88 Å². The number of rotatable bonds is 3. The smallest absolute Gasteiger partial charge is 0.180 e. The molecule has 1 atom stereocenters. The molecule has 0 spiro atoms. The number of hydrogen-bond acceptors (Lipinski definition) is 4. The minimum absolute atomic E-state index is 0. The van der Waals surface area contributed by atoms with Crippen LogP contribution >= 0.6 is 23.7 Å². The molecule has 3 rings (SSSR count). The first kappa shape index (κ1) is 15.3. The molecule has 0 saturated carbocycles. The quantitative estimate of drug-likeness (QED) is 0.944. The van der Waals surface area contributed by atoms with Gasteiger partial charge in [-0.15, -0.1) is 23.7 Å². The van der Waals surface area contributed by atoms with E-state index in [2.05, 4.69) is 41.1 Å². The van der Waals surface area contributed by atoms with Crippen LogP contribution in [0.3, 0.4) is 0 Å². The van der Waals surface area contributed by atoms with E-state index in [1.54, 1.807) is 11.3 Å². The molecule has 1 aromatic carbocycles. The van der Waals surface area contributed by atoms with E-state index < -0.39 is 0 Å². The monoisotopic (exact) mass is 309 g/mol. The molecule has 2 heterocycles. The molecular formula is C15H20ClN3S. The van der Waals surface area contributed by atoms with Gasteiger partial charge in [-0.25, -0.2) is 4.98 Å². The number of nitrogens with two attached hydrogens (primary N) is 1. The van der Waals surface area contributed by atoms with Gasteiger partial charge >= 0.3 is 0 Å². The summed E-state index contributed by atoms with van der Waals surface area (Å²) in [6.45, 7) is 5.45. The zero-order valence-electron chi connectivity index (χ0n) is 11.6. The number of hydrogen-bond donors (Lipinski definition) is 1. The summed E-state index contributed by atoms with van der Waals surface area (Å²) in [7, 11) is 0. The molecule has 20 heavy (non-hydrogen) atoms. The van der Waals surface area contributed by atoms with Crippen LogP contribution < -0.4 is 5.73 Å². The second kappa shape index (κ2) is 6.57. The van der Waals surface area contributed by atoms with Gasteiger partial charge in [-0.1, -0.05) is 29.8 Å². The highest BCUT2D eigenvalue weighted by Crippen LogP contribution is 2.29. The summed E-state index contributed by atoms with van der Waals surface area (Å²) in [5, 5.41) is 0.671. The summed E-state index contributed by atoms with van der Waals surface area (Å²) < 4.78 is 0. The average Bonchev–Trinajstić information content (AvgIpc) is 2.99. The lowest BCUT2D eigenvalue weighted by molar-refractivity contribution is 0.329. The van der Waals surface area contributed by atoms with E-state index in [1.807, 2.05) is 6.20 Å². The Labute approximate surface area is 130 Å². The van der Waals surface area contributed by atoms with Gasteiger partial charge in [-0.3, -0.25) is 4.90 Å². The fraction of sp³-hybridized carbons (Fsp3) is 0.400. The molecule has 1 aliphatic heterocycles. The van der Waals surface area contributed by atoms with E-state index in [-0.39, 0.29) is 12.4 Å². The van der Waals surface area contributed by atoms with Gasteiger partial charge in [-0.05, 0) is 31.4 Å². The Balaban J connectivity index is 0.00000147. The molecule has 0 amide bonds. The molecular weight excluding hydrogens is 290 g/mol. The third-order valence-corrected chi connectivity index (χ3v) is 4.55. The summed E-state index contributed by atoms with van der Waals surface area (Å²) >= 11 is 1.60. The van der Waals surface area contributed by atoms with Gasteiger partial charge in [0.2, 0.25) is 0 Å². The van der Waals surface area contributed by atoms with Gasteiger partial charge in [0, 0.05) is 24.2 Å². The number of aromatic nitrogens is 1. The Morgan fingerprint density at radius 1 is 1.45 bits per heavy atom. The molecule has 1 unspecified atom stereocenters. The van der Waals surface area contributed by atoms with Gasteiger partial charge in [0.15, 0.2) is 5.13 Å². The van der Waals surface area contributed by atoms with Crippen molar-refractivity contribution in [2.75, 3.05) is 18.8 Å². The van der Waals surface area contributed by atoms with Crippen molar-refractivity contribution in [3.05, 3.63) is 46.5 Å². The number of likely N-dealkylation sites (tertiary alicyclic amines) is 1. The second-order valence-corrected chi connectivity index (χ2v) is 6.45. The first-order valence-electron chi connectivity index (χ1n) is 6.70. The van der Waals surface area contributed by atoms with Crippen molar-refractivity contribution >= 4 is 28.9 Å². The second-order valence-electron chi connectivity index (χ2n) is 5.30. The first-order chi connectivity index (χ1) is 9.20. The fourth-order valence-corrected chi connectivity index (χ4v) is 3.52. The Morgan fingerprint density at radius 3 is 3.00 bits per heavy atom. The van der Waals surface area contributed by atoms with Gasteiger partial charge < -0.3 is 5.73 Å². The molecule has 3 nitrogen and oxygen atoms in total. The normalized spacial score (nSPS) is 18.9. The molecule has 1 fully saturated rings. The highest BCUT2D eigenvalue weighted by atomic mass is 35.5. The Hall–Kier alpha value is -1.10. The third kappa shape index (κ3) is 3.51. The van der Waals surface area contributed by atoms with Crippen LogP contribution in [0.4, 0.5) is 5.13 Å². The van der Waals surface area contributed by atoms with Crippen molar-refractivity contribution in [2.24, 2.45) is 0 Å². The van der Waals surface area contributed by atoms with Crippen LogP contribution in [0.1, 0.15) is 28.3 Å². The summed E-state index contributed by atoms with van der Waals surface area (Å²) in [4.78, 5) is 7.88. The maximum Gasteiger partial charge on any atom is 0.180 e. The van der Waals surface area contributed by atoms with Crippen LogP contribution in [-0.4, -0.2) is 23.0 Å². The van der Waals surface area contributed by atoms with Gasteiger partial charge in [0.25, 0.3) is 0 Å². The highest BCUT2D eigenvalue weighted by molar-refractivity contribution is 7.15. The SMILES string of the molecule is Cc1cccc(C2CCN(Cc3cnc(N)s3)C2)c1.Cl. The minimum atomic E-state index is 0. The molecule has 2 aromatic rings. The zero-order valence-corrected chi connectivity index (χ0v) is 13.2. The van der Waals surface area contributed by atoms with Gasteiger partial charge in [-0.2, -0.15) is 0 Å². The van der Waals surface area contributed by atoms with Crippen LogP contribution in [0.25, 0.3) is 0 Å². The largest absolute Gasteiger partial charge is 0.375 e. The molecule has 0 aliphatic carbocycles. The van der Waals surface area contributed by atoms with E-state index in [4.69, 9.17) is 5.73 Å². The maximum absolute atomic E-state index is 5.68. The van der Waals surface area contributed by atoms with E-state index >= 15 is 0 Å². The molecule has 5 heteroatoms. The summed E-state index contributed by atoms with van der Waals surface area (Å²) in [5.41, 5.74) is 8.51. The molecule has 0 radical (unpaired) electrons. The lowest BCUT2D eigenvalue weighted by Crippen LogP contribution is -2.19. The fourth-order valence-electron chi connectivity index (χ4n) is 2.79. The molecule has 2 N–H and O–H groups in total. The summed E-state index contributed by atoms with van der Waals surface area (Å²) in [6, 6.07) is 8.90. The van der Waals surface area contributed by atoms with Crippen molar-refractivity contribution in [3.63, 3.8) is 0 Å². The lowest BCUT2D eigenvalue weighted by atomic mass is 9.97. The van der Waals surface area contributed by atoms with Crippen LogP contribution in [-0.2, 0) is 6.54 Å². The van der Waals surface area contributed by atoms with Crippen molar-refractivity contribution in [1.29, 1.82) is 0 Å². The number of nitrogen functional groups attached to an aromatic ring is 1. The van der Waals surface area contributed by atoms with Crippen molar-refractivity contribution in [3.8, 4) is 0 Å². The number of nitrogens with zero attached hydrogens (tertiary/aromatic N) is 2. The Morgan fingerprint density at radius 2 is 2.30 bits per heavy atom. The first-order valence-corrected chi connectivity index (χ1v) is 7.51. The maximum atomic E-state index is 5.68. The van der Waals surface area contributed by atoms with Crippen LogP contribution in [0.2, 0.25) is 0 Å².